The molecule has 2 aliphatic rings. The Hall–Kier alpha value is 0.330. The first-order valence-electron chi connectivity index (χ1n) is 4.62. The molecule has 1 spiro atoms. The van der Waals surface area contributed by atoms with E-state index >= 15 is 0 Å². The highest BCUT2D eigenvalue weighted by Crippen LogP contribution is 2.51. The van der Waals surface area contributed by atoms with Crippen LogP contribution in [0.25, 0.3) is 0 Å². The minimum atomic E-state index is 0.179. The number of thioether (sulfide) groups is 2. The number of Topliss-reactive ketones (excluding diaryl/α,β-unsaturated/α-hetero) is 1. The average molecular weight is 217 g/mol. The van der Waals surface area contributed by atoms with Crippen LogP contribution in [0.5, 0.6) is 0 Å². The maximum atomic E-state index is 11.3. The highest BCUT2D eigenvalue weighted by Gasteiger charge is 2.46. The molecule has 0 N–H and O–H groups in total. The van der Waals surface area contributed by atoms with E-state index in [1.54, 1.807) is 6.92 Å². The van der Waals surface area contributed by atoms with Crippen LogP contribution in [-0.2, 0) is 4.79 Å². The van der Waals surface area contributed by atoms with Crippen LogP contribution in [0.15, 0.2) is 0 Å². The van der Waals surface area contributed by atoms with Crippen LogP contribution in [0.1, 0.15) is 13.3 Å². The maximum Gasteiger partial charge on any atom is 0.146 e. The molecule has 2 rings (SSSR count). The molecule has 0 aliphatic carbocycles. The summed E-state index contributed by atoms with van der Waals surface area (Å²) in [5.41, 5.74) is 0. The highest BCUT2D eigenvalue weighted by atomic mass is 32.2. The van der Waals surface area contributed by atoms with Crippen molar-refractivity contribution >= 4 is 29.3 Å². The monoisotopic (exact) mass is 217 g/mol. The van der Waals surface area contributed by atoms with E-state index < -0.39 is 0 Å². The zero-order chi connectivity index (χ0) is 9.47. The standard InChI is InChI=1S/C9H15NOS2/c1-7(11)8-5-9(6-10(8)2)12-3-4-13-9/h8H,3-6H2,1-2H3/t8-/m0/s1. The SMILES string of the molecule is CC(=O)[C@@H]1CC2(CN1C)SCCS2. The normalized spacial score (nSPS) is 32.9. The predicted molar refractivity (Wildman–Crippen MR) is 59.4 cm³/mol. The van der Waals surface area contributed by atoms with E-state index in [1.807, 2.05) is 23.5 Å². The summed E-state index contributed by atoms with van der Waals surface area (Å²) in [6, 6.07) is 0.179. The lowest BCUT2D eigenvalue weighted by Crippen LogP contribution is -2.31. The van der Waals surface area contributed by atoms with Gasteiger partial charge in [-0.3, -0.25) is 9.69 Å². The van der Waals surface area contributed by atoms with Crippen LogP contribution < -0.4 is 0 Å². The van der Waals surface area contributed by atoms with E-state index in [-0.39, 0.29) is 6.04 Å². The van der Waals surface area contributed by atoms with Crippen molar-refractivity contribution < 1.29 is 4.79 Å². The van der Waals surface area contributed by atoms with Crippen molar-refractivity contribution in [3.05, 3.63) is 0 Å². The van der Waals surface area contributed by atoms with Gasteiger partial charge < -0.3 is 0 Å². The Labute approximate surface area is 87.8 Å². The molecule has 0 aromatic rings. The van der Waals surface area contributed by atoms with Crippen molar-refractivity contribution in [2.75, 3.05) is 25.1 Å². The molecule has 4 heteroatoms. The third-order valence-electron chi connectivity index (χ3n) is 2.81. The third-order valence-corrected chi connectivity index (χ3v) is 6.24. The van der Waals surface area contributed by atoms with Crippen LogP contribution in [0.2, 0.25) is 0 Å². The van der Waals surface area contributed by atoms with Crippen LogP contribution >= 0.6 is 23.5 Å². The molecule has 2 aliphatic heterocycles. The van der Waals surface area contributed by atoms with Crippen LogP contribution in [0, 0.1) is 0 Å². The molecule has 2 nitrogen and oxygen atoms in total. The maximum absolute atomic E-state index is 11.3. The number of hydrogen-bond donors (Lipinski definition) is 0. The molecule has 74 valence electrons. The van der Waals surface area contributed by atoms with Gasteiger partial charge in [-0.05, 0) is 20.4 Å². The van der Waals surface area contributed by atoms with Crippen molar-refractivity contribution in [1.82, 2.24) is 4.90 Å². The number of rotatable bonds is 1. The Morgan fingerprint density at radius 3 is 2.54 bits per heavy atom. The topological polar surface area (TPSA) is 20.3 Å². The fraction of sp³-hybridized carbons (Fsp3) is 0.889. The summed E-state index contributed by atoms with van der Waals surface area (Å²) >= 11 is 4.09. The highest BCUT2D eigenvalue weighted by molar-refractivity contribution is 8.21. The second-order valence-corrected chi connectivity index (χ2v) is 7.07. The van der Waals surface area contributed by atoms with Crippen molar-refractivity contribution in [2.45, 2.75) is 23.5 Å². The zero-order valence-corrected chi connectivity index (χ0v) is 9.71. The van der Waals surface area contributed by atoms with Gasteiger partial charge in [-0.15, -0.1) is 23.5 Å². The molecule has 2 fully saturated rings. The van der Waals surface area contributed by atoms with E-state index in [9.17, 15) is 4.79 Å². The van der Waals surface area contributed by atoms with Gasteiger partial charge in [0.05, 0.1) is 10.1 Å². The van der Waals surface area contributed by atoms with Gasteiger partial charge in [-0.1, -0.05) is 0 Å². The molecule has 2 saturated heterocycles. The Morgan fingerprint density at radius 2 is 2.08 bits per heavy atom. The first kappa shape index (κ1) is 9.87. The Morgan fingerprint density at radius 1 is 1.46 bits per heavy atom. The zero-order valence-electron chi connectivity index (χ0n) is 8.08. The molecule has 0 amide bonds. The first-order chi connectivity index (χ1) is 6.13. The van der Waals surface area contributed by atoms with Gasteiger partial charge in [-0.25, -0.2) is 0 Å². The summed E-state index contributed by atoms with van der Waals surface area (Å²) in [4.78, 5) is 13.6. The first-order valence-corrected chi connectivity index (χ1v) is 6.59. The van der Waals surface area contributed by atoms with Gasteiger partial charge in [0, 0.05) is 18.1 Å². The smallest absolute Gasteiger partial charge is 0.146 e. The minimum absolute atomic E-state index is 0.179. The van der Waals surface area contributed by atoms with Crippen LogP contribution in [-0.4, -0.2) is 45.9 Å². The summed E-state index contributed by atoms with van der Waals surface area (Å²) in [6.45, 7) is 2.79. The quantitative estimate of drug-likeness (QED) is 0.662. The largest absolute Gasteiger partial charge is 0.298 e. The molecular formula is C9H15NOS2. The van der Waals surface area contributed by atoms with E-state index in [0.717, 1.165) is 13.0 Å². The van der Waals surface area contributed by atoms with E-state index in [2.05, 4.69) is 11.9 Å². The van der Waals surface area contributed by atoms with Crippen molar-refractivity contribution in [3.8, 4) is 0 Å². The van der Waals surface area contributed by atoms with Gasteiger partial charge in [0.15, 0.2) is 0 Å². The molecule has 0 bridgehead atoms. The molecule has 0 unspecified atom stereocenters. The van der Waals surface area contributed by atoms with E-state index in [1.165, 1.54) is 11.5 Å². The molecule has 0 aromatic heterocycles. The Kier molecular flexibility index (Phi) is 2.64. The Bertz CT molecular complexity index is 226. The predicted octanol–water partition coefficient (Wildman–Crippen LogP) is 1.46. The lowest BCUT2D eigenvalue weighted by molar-refractivity contribution is -0.120. The Balaban J connectivity index is 2.09. The number of likely N-dealkylation sites (tertiary alicyclic amines) is 1. The molecule has 0 aromatic carbocycles. The van der Waals surface area contributed by atoms with E-state index in [4.69, 9.17) is 0 Å². The van der Waals surface area contributed by atoms with Gasteiger partial charge in [0.1, 0.15) is 5.78 Å². The lowest BCUT2D eigenvalue weighted by Gasteiger charge is -2.19. The third kappa shape index (κ3) is 1.76. The molecule has 13 heavy (non-hydrogen) atoms. The minimum Gasteiger partial charge on any atom is -0.298 e. The number of carbonyl (C=O) groups excluding carboxylic acids is 1. The van der Waals surface area contributed by atoms with Gasteiger partial charge in [0.2, 0.25) is 0 Å². The lowest BCUT2D eigenvalue weighted by atomic mass is 10.1. The summed E-state index contributed by atoms with van der Waals surface area (Å²) in [6.07, 6.45) is 1.05. The molecular weight excluding hydrogens is 202 g/mol. The van der Waals surface area contributed by atoms with Crippen molar-refractivity contribution in [1.29, 1.82) is 0 Å². The van der Waals surface area contributed by atoms with Crippen molar-refractivity contribution in [3.63, 3.8) is 0 Å². The molecule has 2 heterocycles. The van der Waals surface area contributed by atoms with Crippen LogP contribution in [0.3, 0.4) is 0 Å². The fourth-order valence-corrected chi connectivity index (χ4v) is 5.55. The number of ketones is 1. The molecule has 0 saturated carbocycles. The van der Waals surface area contributed by atoms with Crippen LogP contribution in [0.4, 0.5) is 0 Å². The summed E-state index contributed by atoms with van der Waals surface area (Å²) in [5, 5.41) is 0. The summed E-state index contributed by atoms with van der Waals surface area (Å²) in [7, 11) is 2.07. The average Bonchev–Trinajstić information content (AvgIpc) is 2.60. The number of nitrogens with zero attached hydrogens (tertiary/aromatic N) is 1. The summed E-state index contributed by atoms with van der Waals surface area (Å²) < 4.78 is 0.352. The number of carbonyl (C=O) groups is 1. The van der Waals surface area contributed by atoms with Gasteiger partial charge >= 0.3 is 0 Å². The molecule has 0 radical (unpaired) electrons. The molecule has 1 atom stereocenters. The second kappa shape index (κ2) is 3.48. The van der Waals surface area contributed by atoms with E-state index in [0.29, 0.717) is 9.86 Å². The number of hydrogen-bond acceptors (Lipinski definition) is 4. The summed E-state index contributed by atoms with van der Waals surface area (Å²) in [5.74, 6) is 2.83. The number of likely N-dealkylation sites (N-methyl/N-ethyl adjacent to an activating group) is 1. The second-order valence-electron chi connectivity index (χ2n) is 3.85. The fourth-order valence-electron chi connectivity index (χ4n) is 2.17. The van der Waals surface area contributed by atoms with Crippen molar-refractivity contribution in [2.24, 2.45) is 0 Å². The van der Waals surface area contributed by atoms with Gasteiger partial charge in [-0.2, -0.15) is 0 Å². The van der Waals surface area contributed by atoms with Gasteiger partial charge in [0.25, 0.3) is 0 Å².